The normalized spacial score (nSPS) is 47.7. The number of carbonyl (C=O) groups excluding carboxylic acids is 3. The van der Waals surface area contributed by atoms with E-state index in [4.69, 9.17) is 52.1 Å². The van der Waals surface area contributed by atoms with Crippen molar-refractivity contribution < 1.29 is 102 Å². The zero-order chi connectivity index (χ0) is 61.2. The van der Waals surface area contributed by atoms with Crippen molar-refractivity contribution in [2.75, 3.05) is 20.8 Å². The van der Waals surface area contributed by atoms with E-state index in [0.29, 0.717) is 17.6 Å². The second-order valence-electron chi connectivity index (χ2n) is 26.1. The molecule has 1 spiro atoms. The number of carbonyl (C=O) groups is 3. The van der Waals surface area contributed by atoms with E-state index in [1.54, 1.807) is 39.8 Å². The minimum atomic E-state index is -1.81. The van der Waals surface area contributed by atoms with Gasteiger partial charge in [0.2, 0.25) is 5.78 Å². The van der Waals surface area contributed by atoms with Gasteiger partial charge in [-0.1, -0.05) is 63.6 Å². The van der Waals surface area contributed by atoms with Crippen molar-refractivity contribution in [1.29, 1.82) is 0 Å². The topological polar surface area (TPSA) is 314 Å². The first-order valence-corrected chi connectivity index (χ1v) is 30.1. The zero-order valence-corrected chi connectivity index (χ0v) is 50.7. The molecule has 8 N–H and O–H groups in total. The number of ether oxygens (including phenoxy) is 11. The van der Waals surface area contributed by atoms with Crippen LogP contribution in [-0.4, -0.2) is 185 Å². The van der Waals surface area contributed by atoms with E-state index in [1.807, 2.05) is 39.8 Å². The molecule has 9 aliphatic rings. The lowest BCUT2D eigenvalue weighted by atomic mass is 9.49. The zero-order valence-electron chi connectivity index (χ0n) is 50.7. The first kappa shape index (κ1) is 64.7. The Hall–Kier alpha value is -3.73. The number of aliphatic hydroxyl groups is 5. The van der Waals surface area contributed by atoms with Crippen molar-refractivity contribution in [1.82, 2.24) is 5.32 Å². The molecule has 6 fully saturated rings. The third-order valence-corrected chi connectivity index (χ3v) is 20.4. The summed E-state index contributed by atoms with van der Waals surface area (Å²) in [6.07, 6.45) is -3.13. The van der Waals surface area contributed by atoms with E-state index >= 15 is 4.79 Å². The number of nitrogens with one attached hydrogen (secondary N) is 2. The molecule has 0 aromatic heterocycles. The second-order valence-corrected chi connectivity index (χ2v) is 26.1. The first-order valence-electron chi connectivity index (χ1n) is 30.1. The van der Waals surface area contributed by atoms with Crippen LogP contribution in [0.2, 0.25) is 0 Å². The number of quaternary nitrogens is 1. The summed E-state index contributed by atoms with van der Waals surface area (Å²) in [5.74, 6) is -5.01. The molecule has 23 nitrogen and oxygen atoms in total. The van der Waals surface area contributed by atoms with Gasteiger partial charge in [-0.15, -0.1) is 0 Å². The van der Waals surface area contributed by atoms with Crippen molar-refractivity contribution >= 4 is 17.8 Å². The van der Waals surface area contributed by atoms with Crippen LogP contribution in [0.1, 0.15) is 121 Å². The highest BCUT2D eigenvalue weighted by atomic mass is 16.8. The maximum Gasteiger partial charge on any atom is 0.407 e. The lowest BCUT2D eigenvalue weighted by molar-refractivity contribution is -1.09. The van der Waals surface area contributed by atoms with E-state index in [9.17, 15) is 45.5 Å². The van der Waals surface area contributed by atoms with Gasteiger partial charge < -0.3 is 88.2 Å². The Morgan fingerprint density at radius 2 is 1.38 bits per heavy atom. The van der Waals surface area contributed by atoms with Gasteiger partial charge in [-0.3, -0.25) is 4.79 Å². The standard InChI is InChI=1S/C61H92N2O21/c1-27-14-17-42(80-47-25-59(10,63(72)73)54(35(9)79-47)62-58(71)75-13)28(2)19-37-20-36(26-64)31(5)24-61(37)56(69)48(57(70)84-61)55(68)60(11)39(27)16-15-38-49(60)29(3)18-30(4)51(38)82-46-23-43(50(67)32(6)76-46)81-44-22-41(66)53(34(8)78-44)83-45-21-40(65)52(74-12)33(7)77-45/h14-16,19-20,29-35,37-47,49-54,63-68,72H,17-18,21-26H2,1-13H3,(H,62,71)/t29-,30-,31+,32+,33+,34+,35+,37-,38-,39-,40-,41-,42?,43-,44-,45-,46-,47+,49+,50+,51-,52+,53+,54-,59-,60+,61?/m1/s1. The molecule has 5 saturated heterocycles. The molecular weight excluding hydrogens is 1100 g/mol. The Balaban J connectivity index is 1.01. The fraction of sp³-hybridized carbons (Fsp3) is 0.787. The van der Waals surface area contributed by atoms with Gasteiger partial charge in [-0.25, -0.2) is 20.0 Å². The molecule has 1 amide bonds. The van der Waals surface area contributed by atoms with Crippen LogP contribution in [0.15, 0.2) is 58.4 Å². The average molecular weight is 1190 g/mol. The van der Waals surface area contributed by atoms with Gasteiger partial charge in [0.05, 0.1) is 75.1 Å². The molecule has 0 radical (unpaired) electrons. The van der Waals surface area contributed by atoms with Crippen molar-refractivity contribution in [3.05, 3.63) is 63.6 Å². The van der Waals surface area contributed by atoms with Crippen molar-refractivity contribution in [3.8, 4) is 0 Å². The van der Waals surface area contributed by atoms with Crippen molar-refractivity contribution in [3.63, 3.8) is 0 Å². The van der Waals surface area contributed by atoms with Crippen molar-refractivity contribution in [2.45, 2.75) is 237 Å². The number of alkyl carbamates (subject to hydrolysis) is 1. The summed E-state index contributed by atoms with van der Waals surface area (Å²) in [7, 11) is 2.69. The number of methoxy groups -OCH3 is 2. The van der Waals surface area contributed by atoms with Crippen LogP contribution in [0.4, 0.5) is 4.79 Å². The lowest BCUT2D eigenvalue weighted by Gasteiger charge is -2.56. The van der Waals surface area contributed by atoms with Crippen molar-refractivity contribution in [2.24, 2.45) is 46.8 Å². The number of rotatable bonds is 12. The number of fused-ring (bicyclic) bond motifs is 4. The Kier molecular flexibility index (Phi) is 19.6. The third kappa shape index (κ3) is 12.0. The summed E-state index contributed by atoms with van der Waals surface area (Å²) in [5.41, 5.74) is -3.10. The molecule has 472 valence electrons. The highest BCUT2D eigenvalue weighted by Gasteiger charge is 2.64. The largest absolute Gasteiger partial charge is 0.600 e. The van der Waals surface area contributed by atoms with Crippen LogP contribution in [0, 0.1) is 52.0 Å². The van der Waals surface area contributed by atoms with E-state index in [1.165, 1.54) is 21.1 Å². The number of esters is 1. The highest BCUT2D eigenvalue weighted by molar-refractivity contribution is 6.26. The molecule has 0 aromatic rings. The molecule has 84 heavy (non-hydrogen) atoms. The number of hydroxylamine groups is 2. The molecular formula is C61H92N2O21. The Morgan fingerprint density at radius 1 is 0.762 bits per heavy atom. The summed E-state index contributed by atoms with van der Waals surface area (Å²) in [6.45, 7) is 19.8. The summed E-state index contributed by atoms with van der Waals surface area (Å²) in [6, 6.07) is -0.982. The minimum Gasteiger partial charge on any atom is -0.600 e. The van der Waals surface area contributed by atoms with Crippen LogP contribution < -0.4 is 10.5 Å². The first-order chi connectivity index (χ1) is 39.6. The van der Waals surface area contributed by atoms with Crippen LogP contribution in [0.25, 0.3) is 0 Å². The predicted octanol–water partition coefficient (Wildman–Crippen LogP) is 4.07. The molecule has 23 heteroatoms. The molecule has 5 heterocycles. The maximum absolute atomic E-state index is 15.6. The maximum atomic E-state index is 15.6. The smallest absolute Gasteiger partial charge is 0.407 e. The number of hydrogen-bond donors (Lipinski definition) is 8. The van der Waals surface area contributed by atoms with Crippen LogP contribution in [0.5, 0.6) is 0 Å². The Morgan fingerprint density at radius 3 is 2.01 bits per heavy atom. The number of amides is 1. The summed E-state index contributed by atoms with van der Waals surface area (Å²) in [4.78, 5) is 42.7. The summed E-state index contributed by atoms with van der Waals surface area (Å²) < 4.78 is 68.1. The van der Waals surface area contributed by atoms with E-state index in [2.05, 4.69) is 25.2 Å². The fourth-order valence-corrected chi connectivity index (χ4v) is 15.9. The lowest BCUT2D eigenvalue weighted by Crippen LogP contribution is -3.17. The molecule has 2 bridgehead atoms. The molecule has 5 aliphatic heterocycles. The van der Waals surface area contributed by atoms with Crippen LogP contribution in [-0.2, 0) is 61.7 Å². The van der Waals surface area contributed by atoms with Gasteiger partial charge in [0.15, 0.2) is 36.3 Å². The SMILES string of the molecule is COC(=O)N[C@@H]1[C@H](C)O[C@@H](OC2CC=C(C)[C@H]3C=C[C@H]4[C@H](O[C@@H]5C[C@@H](O[C@@H]6C[C@@H](O)[C@@H](O[C@@H]7C[C@@H](O)[C@@H](OC)[C@H](C)O7)[C@H](C)O6)[C@@H](O)[C@H](C)O5)[C@H](C)C[C@@H](C)[C@@H]4[C@@]3(C)C(O)=C3C(=O)OC4(C[C@H](C)C(CO)=C[C@H]4C=C2C)C3=O)C[C@@]1(C)[NH+]([O-])O. The number of ketones is 1. The van der Waals surface area contributed by atoms with Gasteiger partial charge in [-0.2, -0.15) is 0 Å². The Bertz CT molecular complexity index is 2550. The monoisotopic (exact) mass is 1190 g/mol. The average Bonchev–Trinajstić information content (AvgIpc) is 2.80. The van der Waals surface area contributed by atoms with E-state index < -0.39 is 179 Å². The van der Waals surface area contributed by atoms with Gasteiger partial charge in [0.25, 0.3) is 0 Å². The van der Waals surface area contributed by atoms with Crippen LogP contribution >= 0.6 is 0 Å². The Labute approximate surface area is 492 Å². The number of Topliss-reactive ketones (excluding diaryl/α,β-unsaturated/α-hetero) is 1. The fourth-order valence-electron chi connectivity index (χ4n) is 15.9. The van der Waals surface area contributed by atoms with Gasteiger partial charge in [0, 0.05) is 56.0 Å². The molecule has 1 saturated carbocycles. The highest BCUT2D eigenvalue weighted by Crippen LogP contribution is 2.61. The summed E-state index contributed by atoms with van der Waals surface area (Å²) >= 11 is 0. The molecule has 9 rings (SSSR count). The number of hydrogen-bond acceptors (Lipinski definition) is 21. The van der Waals surface area contributed by atoms with E-state index in [0.717, 1.165) is 5.57 Å². The third-order valence-electron chi connectivity index (χ3n) is 20.4. The molecule has 3 unspecified atom stereocenters. The molecule has 0 aromatic carbocycles. The van der Waals surface area contributed by atoms with Crippen LogP contribution in [0.3, 0.4) is 0 Å². The number of allylic oxidation sites excluding steroid dienone is 3. The van der Waals surface area contributed by atoms with E-state index in [-0.39, 0.29) is 62.7 Å². The summed E-state index contributed by atoms with van der Waals surface area (Å²) in [5, 5.41) is 82.6. The van der Waals surface area contributed by atoms with Gasteiger partial charge >= 0.3 is 12.1 Å². The van der Waals surface area contributed by atoms with Gasteiger partial charge in [0.1, 0.15) is 35.7 Å². The number of aliphatic hydroxyl groups excluding tert-OH is 5. The van der Waals surface area contributed by atoms with Gasteiger partial charge in [-0.05, 0) is 96.1 Å². The predicted molar refractivity (Wildman–Crippen MR) is 297 cm³/mol. The second kappa shape index (κ2) is 25.4. The quantitative estimate of drug-likeness (QED) is 0.0591. The minimum absolute atomic E-state index is 0.0143. The molecule has 4 aliphatic carbocycles. The molecule has 28 atom stereocenters.